The third-order valence-corrected chi connectivity index (χ3v) is 6.15. The molecule has 0 bridgehead atoms. The van der Waals surface area contributed by atoms with Gasteiger partial charge in [0.15, 0.2) is 15.0 Å². The molecule has 1 aromatic carbocycles. The van der Waals surface area contributed by atoms with Crippen LogP contribution in [0, 0.1) is 13.8 Å². The molecule has 3 rings (SSSR count). The fourth-order valence-electron chi connectivity index (χ4n) is 2.20. The number of thioether (sulfide) groups is 1. The Morgan fingerprint density at radius 3 is 2.70 bits per heavy atom. The average Bonchev–Trinajstić information content (AvgIpc) is 2.91. The molecular formula is C13H15N3O2S2. The van der Waals surface area contributed by atoms with Crippen LogP contribution in [0.15, 0.2) is 34.3 Å². The number of hydrogen-bond acceptors (Lipinski definition) is 5. The Hall–Kier alpha value is -1.34. The largest absolute Gasteiger partial charge is 0.235 e. The molecule has 2 aromatic rings. The standard InChI is InChI=1S/C13H15N3O2S2/c1-9-3-5-12(6-4-9)20(17,18)8-11-7-19-13-14-10(2)15-16(11)13/h3-6,11H,7-8H2,1-2H3/t11-/m1/s1. The predicted molar refractivity (Wildman–Crippen MR) is 77.8 cm³/mol. The van der Waals surface area contributed by atoms with Gasteiger partial charge in [0.05, 0.1) is 16.7 Å². The first-order valence-electron chi connectivity index (χ1n) is 6.31. The number of rotatable bonds is 3. The minimum Gasteiger partial charge on any atom is -0.235 e. The van der Waals surface area contributed by atoms with Crippen LogP contribution in [0.2, 0.25) is 0 Å². The summed E-state index contributed by atoms with van der Waals surface area (Å²) in [7, 11) is -3.30. The second kappa shape index (κ2) is 4.89. The molecule has 1 aliphatic rings. The van der Waals surface area contributed by atoms with Gasteiger partial charge >= 0.3 is 0 Å². The maximum absolute atomic E-state index is 12.4. The minimum absolute atomic E-state index is 0.0683. The molecular weight excluding hydrogens is 294 g/mol. The number of benzene rings is 1. The molecule has 0 unspecified atom stereocenters. The quantitative estimate of drug-likeness (QED) is 0.868. The first-order valence-corrected chi connectivity index (χ1v) is 8.95. The molecule has 2 heterocycles. The lowest BCUT2D eigenvalue weighted by molar-refractivity contribution is 0.502. The summed E-state index contributed by atoms with van der Waals surface area (Å²) in [5.41, 5.74) is 1.05. The smallest absolute Gasteiger partial charge is 0.186 e. The summed E-state index contributed by atoms with van der Waals surface area (Å²) in [6, 6.07) is 6.84. The van der Waals surface area contributed by atoms with Crippen LogP contribution in [-0.4, -0.2) is 34.7 Å². The summed E-state index contributed by atoms with van der Waals surface area (Å²) in [5, 5.41) is 5.10. The van der Waals surface area contributed by atoms with E-state index in [0.29, 0.717) is 16.5 Å². The number of sulfone groups is 1. The lowest BCUT2D eigenvalue weighted by Gasteiger charge is -2.11. The summed E-state index contributed by atoms with van der Waals surface area (Å²) in [6.07, 6.45) is 0. The SMILES string of the molecule is Cc1ccc(S(=O)(=O)C[C@H]2CSc3nc(C)nn32)cc1. The van der Waals surface area contributed by atoms with Crippen molar-refractivity contribution in [1.29, 1.82) is 0 Å². The number of aromatic nitrogens is 3. The lowest BCUT2D eigenvalue weighted by Crippen LogP contribution is -2.20. The fraction of sp³-hybridized carbons (Fsp3) is 0.385. The Bertz CT molecular complexity index is 735. The Kier molecular flexibility index (Phi) is 3.33. The van der Waals surface area contributed by atoms with Crippen LogP contribution in [0.3, 0.4) is 0 Å². The van der Waals surface area contributed by atoms with Gasteiger partial charge in [0.25, 0.3) is 0 Å². The van der Waals surface area contributed by atoms with E-state index in [2.05, 4.69) is 10.1 Å². The number of fused-ring (bicyclic) bond motifs is 1. The Morgan fingerprint density at radius 2 is 2.00 bits per heavy atom. The van der Waals surface area contributed by atoms with Crippen molar-refractivity contribution in [2.45, 2.75) is 29.9 Å². The van der Waals surface area contributed by atoms with Gasteiger partial charge in [0.1, 0.15) is 5.82 Å². The zero-order valence-electron chi connectivity index (χ0n) is 11.3. The Labute approximate surface area is 122 Å². The molecule has 0 aliphatic carbocycles. The molecule has 0 radical (unpaired) electrons. The highest BCUT2D eigenvalue weighted by Crippen LogP contribution is 2.33. The van der Waals surface area contributed by atoms with Crippen molar-refractivity contribution in [3.63, 3.8) is 0 Å². The van der Waals surface area contributed by atoms with E-state index >= 15 is 0 Å². The average molecular weight is 309 g/mol. The van der Waals surface area contributed by atoms with E-state index in [-0.39, 0.29) is 11.8 Å². The third kappa shape index (κ3) is 2.47. The molecule has 5 nitrogen and oxygen atoms in total. The number of aryl methyl sites for hydroxylation is 2. The normalized spacial score (nSPS) is 18.2. The highest BCUT2D eigenvalue weighted by Gasteiger charge is 2.30. The maximum Gasteiger partial charge on any atom is 0.186 e. The van der Waals surface area contributed by atoms with Gasteiger partial charge in [-0.3, -0.25) is 0 Å². The molecule has 0 amide bonds. The van der Waals surface area contributed by atoms with Gasteiger partial charge in [-0.15, -0.1) is 0 Å². The van der Waals surface area contributed by atoms with Crippen LogP contribution in [0.25, 0.3) is 0 Å². The summed E-state index contributed by atoms with van der Waals surface area (Å²) < 4.78 is 26.6. The third-order valence-electron chi connectivity index (χ3n) is 3.25. The van der Waals surface area contributed by atoms with E-state index in [4.69, 9.17) is 0 Å². The van der Waals surface area contributed by atoms with E-state index < -0.39 is 9.84 Å². The molecule has 0 fully saturated rings. The van der Waals surface area contributed by atoms with Crippen molar-refractivity contribution in [3.8, 4) is 0 Å². The van der Waals surface area contributed by atoms with E-state index in [0.717, 1.165) is 10.7 Å². The molecule has 20 heavy (non-hydrogen) atoms. The molecule has 1 aliphatic heterocycles. The molecule has 0 saturated heterocycles. The molecule has 0 N–H and O–H groups in total. The van der Waals surface area contributed by atoms with Gasteiger partial charge in [-0.2, -0.15) is 5.10 Å². The molecule has 1 aromatic heterocycles. The van der Waals surface area contributed by atoms with E-state index in [1.807, 2.05) is 26.0 Å². The van der Waals surface area contributed by atoms with Crippen LogP contribution < -0.4 is 0 Å². The van der Waals surface area contributed by atoms with Crippen molar-refractivity contribution in [2.75, 3.05) is 11.5 Å². The van der Waals surface area contributed by atoms with Gasteiger partial charge in [0.2, 0.25) is 0 Å². The zero-order chi connectivity index (χ0) is 14.3. The molecule has 0 spiro atoms. The lowest BCUT2D eigenvalue weighted by atomic mass is 10.2. The highest BCUT2D eigenvalue weighted by molar-refractivity contribution is 7.99. The summed E-state index contributed by atoms with van der Waals surface area (Å²) >= 11 is 1.56. The first-order chi connectivity index (χ1) is 9.45. The topological polar surface area (TPSA) is 64.8 Å². The van der Waals surface area contributed by atoms with Crippen molar-refractivity contribution in [2.24, 2.45) is 0 Å². The van der Waals surface area contributed by atoms with Crippen molar-refractivity contribution >= 4 is 21.6 Å². The van der Waals surface area contributed by atoms with Crippen LogP contribution in [0.1, 0.15) is 17.4 Å². The van der Waals surface area contributed by atoms with Crippen LogP contribution in [0.5, 0.6) is 0 Å². The summed E-state index contributed by atoms with van der Waals surface area (Å²) in [5.74, 6) is 1.46. The molecule has 106 valence electrons. The molecule has 0 saturated carbocycles. The van der Waals surface area contributed by atoms with E-state index in [9.17, 15) is 8.42 Å². The summed E-state index contributed by atoms with van der Waals surface area (Å²) in [6.45, 7) is 3.76. The van der Waals surface area contributed by atoms with Crippen LogP contribution >= 0.6 is 11.8 Å². The molecule has 7 heteroatoms. The predicted octanol–water partition coefficient (Wildman–Crippen LogP) is 2.02. The van der Waals surface area contributed by atoms with E-state index in [1.165, 1.54) is 0 Å². The number of hydrogen-bond donors (Lipinski definition) is 0. The molecule has 1 atom stereocenters. The van der Waals surface area contributed by atoms with Gasteiger partial charge in [-0.1, -0.05) is 29.5 Å². The van der Waals surface area contributed by atoms with Gasteiger partial charge in [-0.05, 0) is 26.0 Å². The Balaban J connectivity index is 1.86. The first kappa shape index (κ1) is 13.6. The fourth-order valence-corrected chi connectivity index (χ4v) is 4.98. The minimum atomic E-state index is -3.30. The van der Waals surface area contributed by atoms with Gasteiger partial charge < -0.3 is 0 Å². The van der Waals surface area contributed by atoms with Crippen LogP contribution in [0.4, 0.5) is 0 Å². The van der Waals surface area contributed by atoms with Crippen LogP contribution in [-0.2, 0) is 9.84 Å². The van der Waals surface area contributed by atoms with Crippen molar-refractivity contribution < 1.29 is 8.42 Å². The van der Waals surface area contributed by atoms with Gasteiger partial charge in [-0.25, -0.2) is 18.1 Å². The van der Waals surface area contributed by atoms with Crippen molar-refractivity contribution in [1.82, 2.24) is 14.8 Å². The second-order valence-electron chi connectivity index (χ2n) is 4.95. The number of nitrogens with zero attached hydrogens (tertiary/aromatic N) is 3. The monoisotopic (exact) mass is 309 g/mol. The second-order valence-corrected chi connectivity index (χ2v) is 7.97. The highest BCUT2D eigenvalue weighted by atomic mass is 32.2. The van der Waals surface area contributed by atoms with Crippen molar-refractivity contribution in [3.05, 3.63) is 35.7 Å². The maximum atomic E-state index is 12.4. The van der Waals surface area contributed by atoms with E-state index in [1.54, 1.807) is 28.6 Å². The van der Waals surface area contributed by atoms with Gasteiger partial charge in [0, 0.05) is 5.75 Å². The summed E-state index contributed by atoms with van der Waals surface area (Å²) in [4.78, 5) is 4.65. The zero-order valence-corrected chi connectivity index (χ0v) is 12.9. The Morgan fingerprint density at radius 1 is 1.30 bits per heavy atom.